The van der Waals surface area contributed by atoms with Crippen molar-refractivity contribution in [2.75, 3.05) is 0 Å². The lowest BCUT2D eigenvalue weighted by molar-refractivity contribution is 0.0689. The van der Waals surface area contributed by atoms with Gasteiger partial charge in [-0.3, -0.25) is 9.55 Å². The molecule has 0 saturated carbocycles. The molecule has 2 aromatic heterocycles. The lowest BCUT2D eigenvalue weighted by atomic mass is 10.1. The Kier molecular flexibility index (Phi) is 7.42. The van der Waals surface area contributed by atoms with Gasteiger partial charge in [0.2, 0.25) is 11.5 Å². The molecule has 11 heteroatoms. The summed E-state index contributed by atoms with van der Waals surface area (Å²) in [5.41, 5.74) is 0.580. The zero-order chi connectivity index (χ0) is 26.5. The van der Waals surface area contributed by atoms with Crippen LogP contribution in [0.4, 0.5) is 10.1 Å². The summed E-state index contributed by atoms with van der Waals surface area (Å²) in [6.45, 7) is 4.19. The van der Waals surface area contributed by atoms with Gasteiger partial charge in [-0.1, -0.05) is 42.8 Å². The van der Waals surface area contributed by atoms with Crippen LogP contribution in [0.25, 0.3) is 0 Å². The average Bonchev–Trinajstić information content (AvgIpc) is 2.87. The van der Waals surface area contributed by atoms with Gasteiger partial charge in [0.05, 0.1) is 12.2 Å². The third kappa shape index (κ3) is 5.89. The summed E-state index contributed by atoms with van der Waals surface area (Å²) in [4.78, 5) is 47.6. The molecule has 0 saturated heterocycles. The largest absolute Gasteiger partial charge is 0.477 e. The number of aromatic nitrogens is 4. The third-order valence-corrected chi connectivity index (χ3v) is 5.40. The molecule has 2 N–H and O–H groups in total. The number of H-pyrrole nitrogens is 1. The normalized spacial score (nSPS) is 11.5. The van der Waals surface area contributed by atoms with Crippen LogP contribution in [0.5, 0.6) is 11.6 Å². The Bertz CT molecular complexity index is 1640. The second kappa shape index (κ2) is 10.9. The standard InChI is InChI=1S/C26H24FN5O5/c1-3-13-31-25(35)30-24(32(26(31)36)15-17-9-7-16(2)8-10-17)28-18-11-12-21(19(27)14-18)37-22-6-4-5-20(29-22)23(33)34/h4-12,14H,3,13,15H2,1-2H3,(H,33,34)(H,28,30,35). The molecule has 0 aliphatic heterocycles. The summed E-state index contributed by atoms with van der Waals surface area (Å²) < 4.78 is 22.6. The molecule has 4 aromatic rings. The average molecular weight is 506 g/mol. The van der Waals surface area contributed by atoms with E-state index in [9.17, 15) is 18.8 Å². The number of aromatic amines is 1. The second-order valence-corrected chi connectivity index (χ2v) is 8.25. The zero-order valence-electron chi connectivity index (χ0n) is 20.1. The molecule has 190 valence electrons. The molecular formula is C26H24FN5O5. The number of benzene rings is 2. The van der Waals surface area contributed by atoms with Crippen molar-refractivity contribution >= 4 is 11.7 Å². The zero-order valence-corrected chi connectivity index (χ0v) is 20.1. The van der Waals surface area contributed by atoms with E-state index < -0.39 is 23.2 Å². The van der Waals surface area contributed by atoms with Gasteiger partial charge in [0.1, 0.15) is 0 Å². The molecule has 0 aliphatic rings. The van der Waals surface area contributed by atoms with E-state index in [0.29, 0.717) is 6.42 Å². The van der Waals surface area contributed by atoms with E-state index in [1.807, 2.05) is 38.1 Å². The Labute approximate surface area is 210 Å². The Morgan fingerprint density at radius 1 is 1.11 bits per heavy atom. The topological polar surface area (TPSA) is 132 Å². The molecule has 2 heterocycles. The van der Waals surface area contributed by atoms with Crippen molar-refractivity contribution in [1.29, 1.82) is 0 Å². The first-order chi connectivity index (χ1) is 17.7. The number of carboxylic acids is 1. The molecule has 37 heavy (non-hydrogen) atoms. The van der Waals surface area contributed by atoms with E-state index in [1.165, 1.54) is 34.9 Å². The molecule has 0 fully saturated rings. The maximum atomic E-state index is 14.8. The number of ether oxygens (including phenoxy) is 1. The molecular weight excluding hydrogens is 481 g/mol. The van der Waals surface area contributed by atoms with Gasteiger partial charge >= 0.3 is 17.3 Å². The van der Waals surface area contributed by atoms with Crippen LogP contribution in [0.1, 0.15) is 35.0 Å². The molecule has 0 bridgehead atoms. The lowest BCUT2D eigenvalue weighted by Gasteiger charge is -2.11. The molecule has 0 amide bonds. The molecule has 0 atom stereocenters. The van der Waals surface area contributed by atoms with Crippen molar-refractivity contribution < 1.29 is 19.0 Å². The maximum absolute atomic E-state index is 14.8. The van der Waals surface area contributed by atoms with Crippen LogP contribution in [0.15, 0.2) is 75.2 Å². The summed E-state index contributed by atoms with van der Waals surface area (Å²) in [6, 6.07) is 15.5. The van der Waals surface area contributed by atoms with E-state index in [4.69, 9.17) is 9.84 Å². The maximum Gasteiger partial charge on any atom is 0.354 e. The summed E-state index contributed by atoms with van der Waals surface area (Å²) in [6.07, 6.45) is 0.584. The minimum atomic E-state index is -1.24. The molecule has 0 spiro atoms. The van der Waals surface area contributed by atoms with Crippen molar-refractivity contribution in [3.8, 4) is 11.6 Å². The van der Waals surface area contributed by atoms with Crippen LogP contribution in [0.2, 0.25) is 0 Å². The van der Waals surface area contributed by atoms with E-state index in [1.54, 1.807) is 0 Å². The van der Waals surface area contributed by atoms with E-state index in [-0.39, 0.29) is 41.7 Å². The van der Waals surface area contributed by atoms with Gasteiger partial charge < -0.3 is 9.84 Å². The van der Waals surface area contributed by atoms with Gasteiger partial charge in [0, 0.05) is 18.7 Å². The van der Waals surface area contributed by atoms with Crippen LogP contribution < -0.4 is 21.7 Å². The fraction of sp³-hybridized carbons (Fsp3) is 0.192. The monoisotopic (exact) mass is 505 g/mol. The van der Waals surface area contributed by atoms with Gasteiger partial charge in [-0.25, -0.2) is 33.3 Å². The second-order valence-electron chi connectivity index (χ2n) is 8.25. The summed E-state index contributed by atoms with van der Waals surface area (Å²) in [7, 11) is 0. The first-order valence-corrected chi connectivity index (χ1v) is 11.5. The third-order valence-electron chi connectivity index (χ3n) is 5.40. The molecule has 2 aromatic carbocycles. The number of carboxylic acid groups (broad SMARTS) is 1. The molecule has 0 radical (unpaired) electrons. The number of pyridine rings is 1. The smallest absolute Gasteiger partial charge is 0.354 e. The van der Waals surface area contributed by atoms with E-state index >= 15 is 0 Å². The molecule has 4 rings (SSSR count). The number of halogens is 1. The van der Waals surface area contributed by atoms with Crippen LogP contribution in [-0.2, 0) is 13.1 Å². The highest BCUT2D eigenvalue weighted by Crippen LogP contribution is 2.26. The van der Waals surface area contributed by atoms with E-state index in [2.05, 4.69) is 15.0 Å². The molecule has 0 aliphatic carbocycles. The Morgan fingerprint density at radius 2 is 1.86 bits per heavy atom. The highest BCUT2D eigenvalue weighted by atomic mass is 19.1. The van der Waals surface area contributed by atoms with Crippen molar-refractivity contribution in [3.05, 3.63) is 110 Å². The van der Waals surface area contributed by atoms with Crippen molar-refractivity contribution in [3.63, 3.8) is 0 Å². The Hall–Kier alpha value is -4.80. The first kappa shape index (κ1) is 25.3. The highest BCUT2D eigenvalue weighted by molar-refractivity contribution is 5.85. The fourth-order valence-electron chi connectivity index (χ4n) is 3.55. The number of hydrogen-bond acceptors (Lipinski definition) is 6. The van der Waals surface area contributed by atoms with Crippen LogP contribution >= 0.6 is 0 Å². The highest BCUT2D eigenvalue weighted by Gasteiger charge is 2.12. The fourth-order valence-corrected chi connectivity index (χ4v) is 3.55. The Balaban J connectivity index is 1.74. The van der Waals surface area contributed by atoms with Crippen molar-refractivity contribution in [2.24, 2.45) is 4.99 Å². The number of nitrogens with one attached hydrogen (secondary N) is 1. The van der Waals surface area contributed by atoms with Crippen LogP contribution in [0, 0.1) is 12.7 Å². The number of hydrogen-bond donors (Lipinski definition) is 2. The van der Waals surface area contributed by atoms with Gasteiger partial charge in [0.25, 0.3) is 0 Å². The minimum Gasteiger partial charge on any atom is -0.477 e. The molecule has 0 unspecified atom stereocenters. The van der Waals surface area contributed by atoms with Crippen LogP contribution in [-0.4, -0.2) is 30.2 Å². The number of aromatic carboxylic acids is 1. The molecule has 10 nitrogen and oxygen atoms in total. The summed E-state index contributed by atoms with van der Waals surface area (Å²) in [5.74, 6) is -2.33. The van der Waals surface area contributed by atoms with Crippen molar-refractivity contribution in [2.45, 2.75) is 33.4 Å². The summed E-state index contributed by atoms with van der Waals surface area (Å²) >= 11 is 0. The van der Waals surface area contributed by atoms with Crippen molar-refractivity contribution in [1.82, 2.24) is 19.1 Å². The SMILES string of the molecule is CCCn1c(=O)[nH]/c(=N\c2ccc(Oc3cccc(C(=O)O)n3)c(F)c2)n(Cc2ccc(C)cc2)c1=O. The number of carbonyl (C=O) groups is 1. The van der Waals surface area contributed by atoms with Gasteiger partial charge in [-0.2, -0.15) is 0 Å². The number of rotatable bonds is 8. The van der Waals surface area contributed by atoms with Crippen LogP contribution in [0.3, 0.4) is 0 Å². The number of aryl methyl sites for hydroxylation is 1. The Morgan fingerprint density at radius 3 is 2.54 bits per heavy atom. The number of nitrogens with zero attached hydrogens (tertiary/aromatic N) is 4. The first-order valence-electron chi connectivity index (χ1n) is 11.5. The summed E-state index contributed by atoms with van der Waals surface area (Å²) in [5, 5.41) is 9.06. The van der Waals surface area contributed by atoms with E-state index in [0.717, 1.165) is 21.8 Å². The minimum absolute atomic E-state index is 0.0353. The quantitative estimate of drug-likeness (QED) is 0.378. The van der Waals surface area contributed by atoms with Gasteiger partial charge in [-0.15, -0.1) is 0 Å². The van der Waals surface area contributed by atoms with Gasteiger partial charge in [0.15, 0.2) is 17.3 Å². The lowest BCUT2D eigenvalue weighted by Crippen LogP contribution is -2.50. The predicted molar refractivity (Wildman–Crippen MR) is 133 cm³/mol. The van der Waals surface area contributed by atoms with Gasteiger partial charge in [-0.05, 0) is 37.1 Å². The predicted octanol–water partition coefficient (Wildman–Crippen LogP) is 3.36.